The predicted molar refractivity (Wildman–Crippen MR) is 86.1 cm³/mol. The van der Waals surface area contributed by atoms with E-state index in [-0.39, 0.29) is 16.7 Å². The van der Waals surface area contributed by atoms with Crippen molar-refractivity contribution in [1.29, 1.82) is 0 Å². The first-order valence-electron chi connectivity index (χ1n) is 6.91. The van der Waals surface area contributed by atoms with Crippen molar-refractivity contribution >= 4 is 27.3 Å². The number of hydrogen-bond donors (Lipinski definition) is 2. The molecule has 0 spiro atoms. The maximum Gasteiger partial charge on any atom is 0.240 e. The highest BCUT2D eigenvalue weighted by Gasteiger charge is 2.16. The van der Waals surface area contributed by atoms with Crippen LogP contribution in [0, 0.1) is 6.92 Å². The molecular weight excluding hydrogens is 312 g/mol. The average molecular weight is 335 g/mol. The molecule has 0 fully saturated rings. The molecule has 0 bridgehead atoms. The van der Waals surface area contributed by atoms with E-state index in [9.17, 15) is 8.42 Å². The van der Waals surface area contributed by atoms with Crippen molar-refractivity contribution in [2.45, 2.75) is 44.6 Å². The Morgan fingerprint density at radius 2 is 2.00 bits per heavy atom. The molecule has 0 aliphatic carbocycles. The quantitative estimate of drug-likeness (QED) is 0.565. The molecule has 7 heteroatoms. The second-order valence-electron chi connectivity index (χ2n) is 5.17. The lowest BCUT2D eigenvalue weighted by atomic mass is 10.2. The molecule has 0 unspecified atom stereocenters. The smallest absolute Gasteiger partial charge is 0.240 e. The first-order valence-corrected chi connectivity index (χ1v) is 8.77. The predicted octanol–water partition coefficient (Wildman–Crippen LogP) is 2.71. The van der Waals surface area contributed by atoms with Crippen LogP contribution in [0.3, 0.4) is 0 Å². The second-order valence-corrected chi connectivity index (χ2v) is 7.31. The number of nitrogens with one attached hydrogen (secondary N) is 1. The standard InChI is InChI=1S/C14H23ClN2O3S/c1-10(2)20-7-5-4-6-17-21(18,19)12-8-11(3)14(15)13(16)9-12/h8-10,17H,4-7,16H2,1-3H3. The van der Waals surface area contributed by atoms with Gasteiger partial charge in [0.15, 0.2) is 0 Å². The molecule has 0 saturated heterocycles. The number of benzene rings is 1. The molecule has 5 nitrogen and oxygen atoms in total. The molecule has 0 aliphatic heterocycles. The van der Waals surface area contributed by atoms with Gasteiger partial charge in [-0.15, -0.1) is 0 Å². The summed E-state index contributed by atoms with van der Waals surface area (Å²) in [6.07, 6.45) is 1.72. The molecule has 1 rings (SSSR count). The van der Waals surface area contributed by atoms with Gasteiger partial charge in [0.05, 0.1) is 21.7 Å². The van der Waals surface area contributed by atoms with Gasteiger partial charge < -0.3 is 10.5 Å². The van der Waals surface area contributed by atoms with Crippen molar-refractivity contribution in [2.75, 3.05) is 18.9 Å². The van der Waals surface area contributed by atoms with Gasteiger partial charge in [-0.25, -0.2) is 13.1 Å². The molecular formula is C14H23ClN2O3S. The van der Waals surface area contributed by atoms with Crippen LogP contribution in [0.15, 0.2) is 17.0 Å². The van der Waals surface area contributed by atoms with Gasteiger partial charge in [0.25, 0.3) is 0 Å². The Morgan fingerprint density at radius 1 is 1.33 bits per heavy atom. The molecule has 0 radical (unpaired) electrons. The van der Waals surface area contributed by atoms with Crippen molar-refractivity contribution in [3.05, 3.63) is 22.7 Å². The van der Waals surface area contributed by atoms with Crippen LogP contribution in [0.1, 0.15) is 32.3 Å². The van der Waals surface area contributed by atoms with Gasteiger partial charge in [-0.3, -0.25) is 0 Å². The Bertz CT molecular complexity index is 551. The Labute approximate surface area is 131 Å². The zero-order valence-electron chi connectivity index (χ0n) is 12.6. The monoisotopic (exact) mass is 334 g/mol. The largest absolute Gasteiger partial charge is 0.397 e. The summed E-state index contributed by atoms with van der Waals surface area (Å²) in [5.41, 5.74) is 6.61. The minimum absolute atomic E-state index is 0.139. The third-order valence-corrected chi connectivity index (χ3v) is 4.84. The normalized spacial score (nSPS) is 12.0. The van der Waals surface area contributed by atoms with E-state index in [1.807, 2.05) is 13.8 Å². The lowest BCUT2D eigenvalue weighted by Gasteiger charge is -2.10. The van der Waals surface area contributed by atoms with Gasteiger partial charge in [-0.1, -0.05) is 11.6 Å². The van der Waals surface area contributed by atoms with E-state index in [1.165, 1.54) is 12.1 Å². The Balaban J connectivity index is 2.54. The van der Waals surface area contributed by atoms with E-state index >= 15 is 0 Å². The van der Waals surface area contributed by atoms with Crippen molar-refractivity contribution < 1.29 is 13.2 Å². The highest BCUT2D eigenvalue weighted by atomic mass is 35.5. The summed E-state index contributed by atoms with van der Waals surface area (Å²) in [6.45, 7) is 6.66. The maximum atomic E-state index is 12.1. The Morgan fingerprint density at radius 3 is 2.57 bits per heavy atom. The van der Waals surface area contributed by atoms with Gasteiger partial charge in [-0.2, -0.15) is 0 Å². The van der Waals surface area contributed by atoms with Gasteiger partial charge in [0.1, 0.15) is 0 Å². The van der Waals surface area contributed by atoms with Crippen LogP contribution in [-0.4, -0.2) is 27.7 Å². The Hall–Kier alpha value is -0.820. The van der Waals surface area contributed by atoms with E-state index in [0.29, 0.717) is 30.2 Å². The van der Waals surface area contributed by atoms with Gasteiger partial charge >= 0.3 is 0 Å². The highest BCUT2D eigenvalue weighted by molar-refractivity contribution is 7.89. The van der Waals surface area contributed by atoms with Crippen LogP contribution in [0.25, 0.3) is 0 Å². The van der Waals surface area contributed by atoms with E-state index in [4.69, 9.17) is 22.1 Å². The number of nitrogens with two attached hydrogens (primary N) is 1. The highest BCUT2D eigenvalue weighted by Crippen LogP contribution is 2.26. The maximum absolute atomic E-state index is 12.1. The third-order valence-electron chi connectivity index (χ3n) is 2.88. The van der Waals surface area contributed by atoms with Crippen LogP contribution >= 0.6 is 11.6 Å². The summed E-state index contributed by atoms with van der Waals surface area (Å²) in [5, 5.41) is 0.389. The zero-order valence-corrected chi connectivity index (χ0v) is 14.2. The molecule has 0 aliphatic rings. The number of anilines is 1. The summed E-state index contributed by atoms with van der Waals surface area (Å²) in [4.78, 5) is 0.139. The third kappa shape index (κ3) is 5.82. The Kier molecular flexibility index (Phi) is 6.93. The van der Waals surface area contributed by atoms with E-state index in [2.05, 4.69) is 4.72 Å². The van der Waals surface area contributed by atoms with Crippen LogP contribution in [0.4, 0.5) is 5.69 Å². The molecule has 0 atom stereocenters. The van der Waals surface area contributed by atoms with Crippen molar-refractivity contribution in [2.24, 2.45) is 0 Å². The molecule has 3 N–H and O–H groups in total. The summed E-state index contributed by atoms with van der Waals surface area (Å²) >= 11 is 5.93. The van der Waals surface area contributed by atoms with Crippen molar-refractivity contribution in [1.82, 2.24) is 4.72 Å². The van der Waals surface area contributed by atoms with Crippen LogP contribution in [0.2, 0.25) is 5.02 Å². The second kappa shape index (κ2) is 7.98. The lowest BCUT2D eigenvalue weighted by Crippen LogP contribution is -2.25. The number of hydrogen-bond acceptors (Lipinski definition) is 4. The van der Waals surface area contributed by atoms with Gasteiger partial charge in [0, 0.05) is 13.2 Å². The zero-order chi connectivity index (χ0) is 16.0. The van der Waals surface area contributed by atoms with Crippen LogP contribution < -0.4 is 10.5 Å². The summed E-state index contributed by atoms with van der Waals surface area (Å²) in [6, 6.07) is 2.89. The molecule has 0 heterocycles. The minimum Gasteiger partial charge on any atom is -0.397 e. The number of halogens is 1. The number of rotatable bonds is 8. The molecule has 1 aromatic carbocycles. The first-order chi connectivity index (χ1) is 9.74. The number of sulfonamides is 1. The molecule has 0 amide bonds. The van der Waals surface area contributed by atoms with Crippen molar-refractivity contribution in [3.8, 4) is 0 Å². The minimum atomic E-state index is -3.56. The van der Waals surface area contributed by atoms with Crippen molar-refractivity contribution in [3.63, 3.8) is 0 Å². The van der Waals surface area contributed by atoms with E-state index < -0.39 is 10.0 Å². The summed E-state index contributed by atoms with van der Waals surface area (Å²) in [7, 11) is -3.56. The fourth-order valence-corrected chi connectivity index (χ4v) is 3.06. The summed E-state index contributed by atoms with van der Waals surface area (Å²) < 4.78 is 32.2. The summed E-state index contributed by atoms with van der Waals surface area (Å²) in [5.74, 6) is 0. The molecule has 120 valence electrons. The fraction of sp³-hybridized carbons (Fsp3) is 0.571. The number of nitrogen functional groups attached to an aromatic ring is 1. The average Bonchev–Trinajstić information content (AvgIpc) is 2.39. The number of unbranched alkanes of at least 4 members (excludes halogenated alkanes) is 1. The topological polar surface area (TPSA) is 81.4 Å². The molecule has 0 saturated carbocycles. The molecule has 0 aromatic heterocycles. The first kappa shape index (κ1) is 18.2. The van der Waals surface area contributed by atoms with E-state index in [1.54, 1.807) is 6.92 Å². The molecule has 1 aromatic rings. The molecule has 21 heavy (non-hydrogen) atoms. The number of aryl methyl sites for hydroxylation is 1. The van der Waals surface area contributed by atoms with Gasteiger partial charge in [0.2, 0.25) is 10.0 Å². The lowest BCUT2D eigenvalue weighted by molar-refractivity contribution is 0.0762. The SMILES string of the molecule is Cc1cc(S(=O)(=O)NCCCCOC(C)C)cc(N)c1Cl. The van der Waals surface area contributed by atoms with Crippen LogP contribution in [0.5, 0.6) is 0 Å². The van der Waals surface area contributed by atoms with E-state index in [0.717, 1.165) is 6.42 Å². The fourth-order valence-electron chi connectivity index (χ4n) is 1.75. The van der Waals surface area contributed by atoms with Crippen LogP contribution in [-0.2, 0) is 14.8 Å². The number of ether oxygens (including phenoxy) is 1. The van der Waals surface area contributed by atoms with Gasteiger partial charge in [-0.05, 0) is 51.3 Å².